The predicted molar refractivity (Wildman–Crippen MR) is 156 cm³/mol. The number of ether oxygens (including phenoxy) is 5. The molecule has 12 nitrogen and oxygen atoms in total. The summed E-state index contributed by atoms with van der Waals surface area (Å²) in [4.78, 5) is 41.1. The van der Waals surface area contributed by atoms with Crippen molar-refractivity contribution in [2.45, 2.75) is 90.3 Å². The van der Waals surface area contributed by atoms with E-state index in [9.17, 15) is 9.59 Å². The summed E-state index contributed by atoms with van der Waals surface area (Å²) in [7, 11) is 0. The van der Waals surface area contributed by atoms with E-state index in [1.807, 2.05) is 6.92 Å². The lowest BCUT2D eigenvalue weighted by atomic mass is 9.58. The third-order valence-electron chi connectivity index (χ3n) is 9.57. The van der Waals surface area contributed by atoms with Crippen LogP contribution in [0.3, 0.4) is 0 Å². The van der Waals surface area contributed by atoms with E-state index in [0.29, 0.717) is 36.3 Å². The summed E-state index contributed by atoms with van der Waals surface area (Å²) in [6.07, 6.45) is 8.28. The molecule has 4 saturated heterocycles. The van der Waals surface area contributed by atoms with Crippen LogP contribution in [0.25, 0.3) is 0 Å². The molecule has 1 amide bonds. The van der Waals surface area contributed by atoms with Crippen LogP contribution in [0.1, 0.15) is 70.2 Å². The molecule has 4 aliphatic heterocycles. The van der Waals surface area contributed by atoms with Crippen LogP contribution in [0.5, 0.6) is 5.75 Å². The molecule has 1 aromatic carbocycles. The number of carbonyl (C=O) groups is 2. The number of amides is 1. The Kier molecular flexibility index (Phi) is 8.98. The highest BCUT2D eigenvalue weighted by atomic mass is 17.3. The number of hydrogen-bond donors (Lipinski definition) is 1. The molecular weight excluding hydrogens is 570 g/mol. The molecule has 0 radical (unpaired) electrons. The lowest BCUT2D eigenvalue weighted by molar-refractivity contribution is -0.577. The quantitative estimate of drug-likeness (QED) is 0.217. The van der Waals surface area contributed by atoms with Crippen LogP contribution < -0.4 is 10.1 Å². The minimum Gasteiger partial charge on any atom is -0.493 e. The highest BCUT2D eigenvalue weighted by molar-refractivity contribution is 5.95. The maximum Gasteiger partial charge on any atom is 0.341 e. The van der Waals surface area contributed by atoms with Gasteiger partial charge in [-0.3, -0.25) is 4.79 Å². The van der Waals surface area contributed by atoms with Crippen molar-refractivity contribution < 1.29 is 43.0 Å². The maximum absolute atomic E-state index is 12.6. The van der Waals surface area contributed by atoms with Gasteiger partial charge in [-0.2, -0.15) is 0 Å². The van der Waals surface area contributed by atoms with E-state index in [0.717, 1.165) is 25.7 Å². The lowest BCUT2D eigenvalue weighted by Gasteiger charge is -2.60. The van der Waals surface area contributed by atoms with E-state index in [4.69, 9.17) is 33.5 Å². The molecule has 1 N–H and O–H groups in total. The minimum absolute atomic E-state index is 0.0786. The average molecular weight is 614 g/mol. The largest absolute Gasteiger partial charge is 0.493 e. The zero-order valence-electron chi connectivity index (χ0n) is 25.9. The van der Waals surface area contributed by atoms with Gasteiger partial charge in [0.2, 0.25) is 11.7 Å². The topological polar surface area (TPSA) is 129 Å². The average Bonchev–Trinajstić information content (AvgIpc) is 3.40. The number of carbonyl (C=O) groups excluding carboxylic acids is 2. The zero-order chi connectivity index (χ0) is 30.9. The third-order valence-corrected chi connectivity index (χ3v) is 9.57. The summed E-state index contributed by atoms with van der Waals surface area (Å²) in [5.41, 5.74) is 0.163. The van der Waals surface area contributed by atoms with Crippen molar-refractivity contribution in [3.63, 3.8) is 0 Å². The van der Waals surface area contributed by atoms with Crippen molar-refractivity contribution in [2.24, 2.45) is 23.7 Å². The summed E-state index contributed by atoms with van der Waals surface area (Å²) in [5.74, 6) is -0.178. The van der Waals surface area contributed by atoms with Crippen molar-refractivity contribution in [3.05, 3.63) is 42.5 Å². The molecule has 2 aromatic rings. The molecule has 5 aliphatic rings. The Hall–Kier alpha value is -3.03. The van der Waals surface area contributed by atoms with Crippen molar-refractivity contribution in [3.8, 4) is 5.75 Å². The molecule has 1 aliphatic carbocycles. The van der Waals surface area contributed by atoms with Crippen LogP contribution in [0, 0.1) is 23.7 Å². The van der Waals surface area contributed by atoms with Gasteiger partial charge in [-0.15, -0.1) is 0 Å². The molecule has 2 bridgehead atoms. The number of rotatable bonds is 11. The Morgan fingerprint density at radius 2 is 2.00 bits per heavy atom. The number of esters is 1. The highest BCUT2D eigenvalue weighted by Crippen LogP contribution is 2.60. The van der Waals surface area contributed by atoms with Crippen molar-refractivity contribution in [1.82, 2.24) is 9.55 Å². The van der Waals surface area contributed by atoms with Gasteiger partial charge < -0.3 is 33.6 Å². The van der Waals surface area contributed by atoms with Crippen molar-refractivity contribution in [1.29, 1.82) is 0 Å². The van der Waals surface area contributed by atoms with E-state index in [2.05, 4.69) is 24.1 Å². The van der Waals surface area contributed by atoms with Gasteiger partial charge in [0.1, 0.15) is 17.9 Å². The lowest BCUT2D eigenvalue weighted by Crippen LogP contribution is -2.70. The summed E-state index contributed by atoms with van der Waals surface area (Å²) >= 11 is 0. The van der Waals surface area contributed by atoms with Crippen LogP contribution in [-0.2, 0) is 40.1 Å². The second kappa shape index (κ2) is 12.8. The zero-order valence-corrected chi connectivity index (χ0v) is 25.9. The Morgan fingerprint density at radius 1 is 1.14 bits per heavy atom. The molecule has 5 fully saturated rings. The van der Waals surface area contributed by atoms with Gasteiger partial charge in [-0.25, -0.2) is 19.6 Å². The first-order valence-electron chi connectivity index (χ1n) is 15.7. The number of nitrogens with one attached hydrogen (secondary N) is 1. The van der Waals surface area contributed by atoms with Crippen LogP contribution in [-0.4, -0.2) is 65.2 Å². The van der Waals surface area contributed by atoms with Gasteiger partial charge in [0.15, 0.2) is 18.2 Å². The Balaban J connectivity index is 1.06. The second-order valence-corrected chi connectivity index (χ2v) is 12.6. The van der Waals surface area contributed by atoms with E-state index in [1.165, 1.54) is 0 Å². The van der Waals surface area contributed by atoms with Crippen LogP contribution in [0.15, 0.2) is 36.9 Å². The van der Waals surface area contributed by atoms with Crippen molar-refractivity contribution in [2.75, 3.05) is 25.1 Å². The van der Waals surface area contributed by atoms with Gasteiger partial charge in [0.05, 0.1) is 26.1 Å². The summed E-state index contributed by atoms with van der Waals surface area (Å²) in [5, 5.41) is 2.84. The first-order chi connectivity index (χ1) is 21.2. The minimum atomic E-state index is -0.833. The predicted octanol–water partition coefficient (Wildman–Crippen LogP) is 4.69. The number of aromatic nitrogens is 2. The summed E-state index contributed by atoms with van der Waals surface area (Å²) < 4.78 is 32.1. The van der Waals surface area contributed by atoms with Crippen LogP contribution in [0.4, 0.5) is 5.69 Å². The second-order valence-electron chi connectivity index (χ2n) is 12.6. The molecule has 1 spiro atoms. The molecule has 8 atom stereocenters. The maximum atomic E-state index is 12.6. The van der Waals surface area contributed by atoms with E-state index in [-0.39, 0.29) is 43.1 Å². The number of benzene rings is 1. The van der Waals surface area contributed by atoms with Crippen LogP contribution in [0.2, 0.25) is 0 Å². The normalized spacial score (nSPS) is 34.1. The molecule has 1 saturated carbocycles. The van der Waals surface area contributed by atoms with Gasteiger partial charge in [-0.1, -0.05) is 13.8 Å². The number of nitrogens with zero attached hydrogens (tertiary/aromatic N) is 2. The molecule has 12 heteroatoms. The van der Waals surface area contributed by atoms with Gasteiger partial charge in [0, 0.05) is 48.8 Å². The number of fused-ring (bicyclic) bond motifs is 2. The number of hydrogen-bond acceptors (Lipinski definition) is 10. The smallest absolute Gasteiger partial charge is 0.341 e. The van der Waals surface area contributed by atoms with Gasteiger partial charge >= 0.3 is 5.97 Å². The molecular formula is C32H43N3O9. The third kappa shape index (κ3) is 5.97. The molecule has 44 heavy (non-hydrogen) atoms. The molecule has 7 rings (SSSR count). The Morgan fingerprint density at radius 3 is 2.80 bits per heavy atom. The summed E-state index contributed by atoms with van der Waals surface area (Å²) in [6, 6.07) is 4.87. The standard InChI is InChI=1S/C32H43N3O9/c1-5-38-28(37)23-9-8-22(34-27(36)18-35-14-13-33-19-35)17-26(23)39-15-6-16-40-29-21(3)25-10-7-20(2)24-11-12-31(4)42-30(41-29)32(24,25)44-43-31/h8-9,13-14,17,19-21,24-25,29-30H,5-7,10-12,15-16,18H2,1-4H3,(H,34,36)/t20-,21-,24?,25+,29+,30-,31-,32-/m1/s1. The SMILES string of the molecule is CCOC(=O)c1ccc(NC(=O)Cn2ccnc2)cc1OCCCO[C@H]1O[C@@H]2O[C@@]3(C)CCC4[C@H](C)CC[C@@H]([C@H]1C)[C@]42OO3. The van der Waals surface area contributed by atoms with Crippen molar-refractivity contribution >= 4 is 17.6 Å². The fraction of sp³-hybridized carbons (Fsp3) is 0.656. The monoisotopic (exact) mass is 613 g/mol. The molecule has 5 heterocycles. The Bertz CT molecular complexity index is 1320. The first-order valence-corrected chi connectivity index (χ1v) is 15.7. The number of anilines is 1. The highest BCUT2D eigenvalue weighted by Gasteiger charge is 2.69. The van der Waals surface area contributed by atoms with E-state index in [1.54, 1.807) is 48.4 Å². The fourth-order valence-corrected chi connectivity index (χ4v) is 7.35. The number of imidazole rings is 1. The van der Waals surface area contributed by atoms with Gasteiger partial charge in [0.25, 0.3) is 0 Å². The molecule has 1 unspecified atom stereocenters. The first kappa shape index (κ1) is 31.0. The molecule has 1 aromatic heterocycles. The van der Waals surface area contributed by atoms with Crippen LogP contribution >= 0.6 is 0 Å². The van der Waals surface area contributed by atoms with E-state index < -0.39 is 29.9 Å². The summed E-state index contributed by atoms with van der Waals surface area (Å²) in [6.45, 7) is 9.12. The molecule has 240 valence electrons. The van der Waals surface area contributed by atoms with E-state index >= 15 is 0 Å². The Labute approximate surface area is 257 Å². The fourth-order valence-electron chi connectivity index (χ4n) is 7.35. The van der Waals surface area contributed by atoms with Gasteiger partial charge in [-0.05, 0) is 57.1 Å².